The van der Waals surface area contributed by atoms with Gasteiger partial charge in [-0.3, -0.25) is 0 Å². The minimum Gasteiger partial charge on any atom is -0.487 e. The third-order valence-corrected chi connectivity index (χ3v) is 4.35. The van der Waals surface area contributed by atoms with Crippen LogP contribution in [0.25, 0.3) is 0 Å². The van der Waals surface area contributed by atoms with E-state index in [2.05, 4.69) is 30.5 Å². The van der Waals surface area contributed by atoms with Gasteiger partial charge < -0.3 is 15.4 Å². The van der Waals surface area contributed by atoms with Gasteiger partial charge in [0, 0.05) is 12.0 Å². The van der Waals surface area contributed by atoms with E-state index in [1.165, 1.54) is 0 Å². The average molecular weight is 347 g/mol. The second-order valence-corrected chi connectivity index (χ2v) is 7.05. The first-order valence-corrected chi connectivity index (χ1v) is 8.33. The molecule has 0 saturated heterocycles. The average Bonchev–Trinajstić information content (AvgIpc) is 2.48. The van der Waals surface area contributed by atoms with E-state index in [9.17, 15) is 0 Å². The molecule has 5 heteroatoms. The Morgan fingerprint density at radius 3 is 2.65 bits per heavy atom. The van der Waals surface area contributed by atoms with E-state index in [-0.39, 0.29) is 11.6 Å². The molecular weight excluding hydrogens is 328 g/mol. The number of ether oxygens (including phenoxy) is 1. The maximum atomic E-state index is 6.17. The van der Waals surface area contributed by atoms with Crippen molar-refractivity contribution in [3.8, 4) is 5.75 Å². The van der Waals surface area contributed by atoms with Crippen LogP contribution in [0, 0.1) is 0 Å². The minimum absolute atomic E-state index is 0.0948. The van der Waals surface area contributed by atoms with Crippen LogP contribution in [0.3, 0.4) is 0 Å². The molecule has 23 heavy (non-hydrogen) atoms. The molecule has 0 radical (unpaired) electrons. The Balaban J connectivity index is 1.77. The fourth-order valence-electron chi connectivity index (χ4n) is 2.81. The van der Waals surface area contributed by atoms with Gasteiger partial charge in [-0.2, -0.15) is 0 Å². The molecular formula is C18H19ClN2OS. The zero-order valence-electron chi connectivity index (χ0n) is 13.1. The molecule has 120 valence electrons. The van der Waals surface area contributed by atoms with Crippen LogP contribution in [0.4, 0.5) is 5.69 Å². The summed E-state index contributed by atoms with van der Waals surface area (Å²) >= 11 is 11.6. The van der Waals surface area contributed by atoms with Crippen LogP contribution in [0.1, 0.15) is 31.9 Å². The third-order valence-electron chi connectivity index (χ3n) is 3.80. The van der Waals surface area contributed by atoms with Gasteiger partial charge in [-0.15, -0.1) is 0 Å². The molecule has 0 aromatic heterocycles. The summed E-state index contributed by atoms with van der Waals surface area (Å²) in [5, 5.41) is 7.75. The van der Waals surface area contributed by atoms with Crippen LogP contribution in [0.5, 0.6) is 5.75 Å². The summed E-state index contributed by atoms with van der Waals surface area (Å²) in [6.07, 6.45) is 0.828. The number of para-hydroxylation sites is 2. The highest BCUT2D eigenvalue weighted by molar-refractivity contribution is 7.80. The van der Waals surface area contributed by atoms with Gasteiger partial charge in [0.25, 0.3) is 0 Å². The lowest BCUT2D eigenvalue weighted by molar-refractivity contribution is 0.0697. The predicted octanol–water partition coefficient (Wildman–Crippen LogP) is 4.93. The Bertz CT molecular complexity index is 732. The van der Waals surface area contributed by atoms with Crippen molar-refractivity contribution >= 4 is 34.6 Å². The second-order valence-electron chi connectivity index (χ2n) is 6.23. The summed E-state index contributed by atoms with van der Waals surface area (Å²) in [6.45, 7) is 4.17. The summed E-state index contributed by atoms with van der Waals surface area (Å²) in [6, 6.07) is 15.7. The molecule has 0 fully saturated rings. The molecule has 2 aromatic carbocycles. The van der Waals surface area contributed by atoms with Gasteiger partial charge in [0.1, 0.15) is 11.4 Å². The number of thiocarbonyl (C=S) groups is 1. The van der Waals surface area contributed by atoms with Crippen LogP contribution in [-0.4, -0.2) is 10.7 Å². The molecule has 0 spiro atoms. The largest absolute Gasteiger partial charge is 0.487 e. The number of hydrogen-bond donors (Lipinski definition) is 2. The van der Waals surface area contributed by atoms with E-state index in [1.807, 2.05) is 42.5 Å². The molecule has 2 aromatic rings. The van der Waals surface area contributed by atoms with E-state index >= 15 is 0 Å². The van der Waals surface area contributed by atoms with E-state index in [0.29, 0.717) is 10.1 Å². The SMILES string of the molecule is CC1(C)C[C@H](NC(=S)Nc2ccccc2Cl)c2ccccc2O1. The fourth-order valence-corrected chi connectivity index (χ4v) is 3.25. The Kier molecular flexibility index (Phi) is 4.46. The van der Waals surface area contributed by atoms with E-state index in [4.69, 9.17) is 28.6 Å². The van der Waals surface area contributed by atoms with Gasteiger partial charge in [-0.05, 0) is 44.3 Å². The van der Waals surface area contributed by atoms with Gasteiger partial charge >= 0.3 is 0 Å². The van der Waals surface area contributed by atoms with Gasteiger partial charge in [-0.25, -0.2) is 0 Å². The molecule has 2 N–H and O–H groups in total. The minimum atomic E-state index is -0.244. The van der Waals surface area contributed by atoms with Gasteiger partial charge in [0.05, 0.1) is 16.8 Å². The number of rotatable bonds is 2. The van der Waals surface area contributed by atoms with E-state index in [0.717, 1.165) is 23.4 Å². The highest BCUT2D eigenvalue weighted by Crippen LogP contribution is 2.39. The number of halogens is 1. The smallest absolute Gasteiger partial charge is 0.171 e. The number of anilines is 1. The summed E-state index contributed by atoms with van der Waals surface area (Å²) < 4.78 is 6.04. The first kappa shape index (κ1) is 16.1. The van der Waals surface area contributed by atoms with E-state index in [1.54, 1.807) is 0 Å². The zero-order chi connectivity index (χ0) is 16.4. The summed E-state index contributed by atoms with van der Waals surface area (Å²) in [7, 11) is 0. The fraction of sp³-hybridized carbons (Fsp3) is 0.278. The third kappa shape index (κ3) is 3.77. The van der Waals surface area contributed by atoms with Crippen LogP contribution in [-0.2, 0) is 0 Å². The summed E-state index contributed by atoms with van der Waals surface area (Å²) in [4.78, 5) is 0. The molecule has 3 rings (SSSR count). The second kappa shape index (κ2) is 6.38. The molecule has 3 nitrogen and oxygen atoms in total. The van der Waals surface area contributed by atoms with Gasteiger partial charge in [0.15, 0.2) is 5.11 Å². The van der Waals surface area contributed by atoms with Gasteiger partial charge in [-0.1, -0.05) is 41.9 Å². The predicted molar refractivity (Wildman–Crippen MR) is 99.3 cm³/mol. The normalized spacial score (nSPS) is 18.5. The molecule has 1 aliphatic heterocycles. The Labute approximate surface area is 147 Å². The molecule has 0 aliphatic carbocycles. The molecule has 0 amide bonds. The zero-order valence-corrected chi connectivity index (χ0v) is 14.7. The number of benzene rings is 2. The molecule has 0 saturated carbocycles. The summed E-state index contributed by atoms with van der Waals surface area (Å²) in [5.41, 5.74) is 1.67. The highest BCUT2D eigenvalue weighted by Gasteiger charge is 2.33. The molecule has 0 unspecified atom stereocenters. The quantitative estimate of drug-likeness (QED) is 0.755. The van der Waals surface area contributed by atoms with Crippen molar-refractivity contribution in [2.24, 2.45) is 0 Å². The van der Waals surface area contributed by atoms with Crippen molar-refractivity contribution in [1.82, 2.24) is 5.32 Å². The van der Waals surface area contributed by atoms with Crippen LogP contribution in [0.15, 0.2) is 48.5 Å². The van der Waals surface area contributed by atoms with Crippen LogP contribution in [0.2, 0.25) is 5.02 Å². The van der Waals surface area contributed by atoms with Crippen molar-refractivity contribution in [2.75, 3.05) is 5.32 Å². The lowest BCUT2D eigenvalue weighted by atomic mass is 9.90. The van der Waals surface area contributed by atoms with Crippen molar-refractivity contribution in [2.45, 2.75) is 31.9 Å². The number of fused-ring (bicyclic) bond motifs is 1. The molecule has 1 aliphatic rings. The van der Waals surface area contributed by atoms with Crippen LogP contribution >= 0.6 is 23.8 Å². The summed E-state index contributed by atoms with van der Waals surface area (Å²) in [5.74, 6) is 0.904. The van der Waals surface area contributed by atoms with Gasteiger partial charge in [0.2, 0.25) is 0 Å². The number of hydrogen-bond acceptors (Lipinski definition) is 2. The Hall–Kier alpha value is -1.78. The molecule has 1 heterocycles. The molecule has 0 bridgehead atoms. The van der Waals surface area contributed by atoms with Crippen molar-refractivity contribution in [3.05, 3.63) is 59.1 Å². The standard InChI is InChI=1S/C18H19ClN2OS/c1-18(2)11-15(12-7-3-6-10-16(12)22-18)21-17(23)20-14-9-5-4-8-13(14)19/h3-10,15H,11H2,1-2H3,(H2,20,21,23)/t15-/m0/s1. The Morgan fingerprint density at radius 1 is 1.17 bits per heavy atom. The maximum Gasteiger partial charge on any atom is 0.171 e. The maximum absolute atomic E-state index is 6.17. The first-order chi connectivity index (χ1) is 10.9. The van der Waals surface area contributed by atoms with E-state index < -0.39 is 0 Å². The monoisotopic (exact) mass is 346 g/mol. The topological polar surface area (TPSA) is 33.3 Å². The Morgan fingerprint density at radius 2 is 1.87 bits per heavy atom. The lowest BCUT2D eigenvalue weighted by Crippen LogP contribution is -2.42. The number of nitrogens with one attached hydrogen (secondary N) is 2. The van der Waals surface area contributed by atoms with Crippen molar-refractivity contribution in [1.29, 1.82) is 0 Å². The van der Waals surface area contributed by atoms with Crippen LogP contribution < -0.4 is 15.4 Å². The lowest BCUT2D eigenvalue weighted by Gasteiger charge is -2.38. The van der Waals surface area contributed by atoms with Crippen molar-refractivity contribution in [3.63, 3.8) is 0 Å². The molecule has 1 atom stereocenters. The highest BCUT2D eigenvalue weighted by atomic mass is 35.5. The first-order valence-electron chi connectivity index (χ1n) is 7.55. The van der Waals surface area contributed by atoms with Crippen molar-refractivity contribution < 1.29 is 4.74 Å².